The second-order valence-electron chi connectivity index (χ2n) is 5.82. The number of quaternary nitrogens is 1. The maximum absolute atomic E-state index is 12.1. The van der Waals surface area contributed by atoms with E-state index >= 15 is 0 Å². The molecule has 1 aliphatic heterocycles. The Labute approximate surface area is 132 Å². The molecule has 1 saturated heterocycles. The molecule has 1 aromatic carbocycles. The summed E-state index contributed by atoms with van der Waals surface area (Å²) in [5.74, 6) is 0.0100. The van der Waals surface area contributed by atoms with Gasteiger partial charge in [-0.25, -0.2) is 4.79 Å². The average Bonchev–Trinajstić information content (AvgIpc) is 2.87. The van der Waals surface area contributed by atoms with Crippen LogP contribution in [-0.4, -0.2) is 59.4 Å². The lowest BCUT2D eigenvalue weighted by atomic mass is 10.2. The van der Waals surface area contributed by atoms with Crippen LogP contribution in [0.15, 0.2) is 23.0 Å². The van der Waals surface area contributed by atoms with Gasteiger partial charge in [0.15, 0.2) is 6.54 Å². The third-order valence-corrected chi connectivity index (χ3v) is 4.13. The second-order valence-corrected chi connectivity index (χ2v) is 5.82. The Bertz CT molecular complexity index is 786. The molecule has 1 aromatic heterocycles. The number of H-pyrrole nitrogens is 2. The number of hydrogen-bond donors (Lipinski definition) is 4. The van der Waals surface area contributed by atoms with E-state index in [0.717, 1.165) is 18.0 Å². The lowest BCUT2D eigenvalue weighted by Gasteiger charge is -2.31. The topological polar surface area (TPSA) is 102 Å². The maximum Gasteiger partial charge on any atom is 0.323 e. The van der Waals surface area contributed by atoms with Gasteiger partial charge in [-0.05, 0) is 18.2 Å². The molecule has 1 fully saturated rings. The third-order valence-electron chi connectivity index (χ3n) is 4.13. The monoisotopic (exact) mass is 318 g/mol. The van der Waals surface area contributed by atoms with Crippen LogP contribution in [0.3, 0.4) is 0 Å². The number of nitrogens with zero attached hydrogens (tertiary/aromatic N) is 1. The highest BCUT2D eigenvalue weighted by Gasteiger charge is 2.23. The zero-order chi connectivity index (χ0) is 16.4. The van der Waals surface area contributed by atoms with Crippen LogP contribution in [0.4, 0.5) is 5.69 Å². The lowest BCUT2D eigenvalue weighted by molar-refractivity contribution is -0.895. The summed E-state index contributed by atoms with van der Waals surface area (Å²) in [5, 5.41) is 2.85. The highest BCUT2D eigenvalue weighted by Crippen LogP contribution is 2.14. The Morgan fingerprint density at radius 1 is 1.22 bits per heavy atom. The fraction of sp³-hybridized carbons (Fsp3) is 0.400. The van der Waals surface area contributed by atoms with Crippen molar-refractivity contribution >= 4 is 28.5 Å². The number of hydrogen-bond acceptors (Lipinski definition) is 3. The zero-order valence-corrected chi connectivity index (χ0v) is 12.9. The van der Waals surface area contributed by atoms with Gasteiger partial charge >= 0.3 is 5.69 Å². The van der Waals surface area contributed by atoms with Gasteiger partial charge in [-0.2, -0.15) is 0 Å². The number of imidazole rings is 1. The van der Waals surface area contributed by atoms with Crippen molar-refractivity contribution in [1.29, 1.82) is 0 Å². The number of rotatable bonds is 3. The SMILES string of the molecule is CC(=O)N1CC[NH+](CC(=O)Nc2ccc3[nH]c(=O)[nH]c3c2)CC1. The van der Waals surface area contributed by atoms with Gasteiger partial charge in [0, 0.05) is 12.6 Å². The first-order valence-corrected chi connectivity index (χ1v) is 7.62. The summed E-state index contributed by atoms with van der Waals surface area (Å²) >= 11 is 0. The maximum atomic E-state index is 12.1. The van der Waals surface area contributed by atoms with Gasteiger partial charge < -0.3 is 25.1 Å². The van der Waals surface area contributed by atoms with Gasteiger partial charge in [0.25, 0.3) is 5.91 Å². The molecule has 0 aliphatic carbocycles. The summed E-state index contributed by atoms with van der Waals surface area (Å²) in [6.07, 6.45) is 0. The summed E-state index contributed by atoms with van der Waals surface area (Å²) in [7, 11) is 0. The smallest absolute Gasteiger partial charge is 0.323 e. The molecule has 122 valence electrons. The summed E-state index contributed by atoms with van der Waals surface area (Å²) in [6.45, 7) is 4.87. The molecule has 2 aromatic rings. The highest BCUT2D eigenvalue weighted by molar-refractivity contribution is 5.93. The van der Waals surface area contributed by atoms with Crippen molar-refractivity contribution in [2.45, 2.75) is 6.92 Å². The standard InChI is InChI=1S/C15H19N5O3/c1-10(21)20-6-4-19(5-7-20)9-14(22)16-11-2-3-12-13(8-11)18-15(23)17-12/h2-3,8H,4-7,9H2,1H3,(H,16,22)(H2,17,18,23)/p+1. The largest absolute Gasteiger partial charge is 0.332 e. The lowest BCUT2D eigenvalue weighted by Crippen LogP contribution is -3.15. The number of aromatic nitrogens is 2. The predicted molar refractivity (Wildman–Crippen MR) is 85.4 cm³/mol. The van der Waals surface area contributed by atoms with Crippen LogP contribution < -0.4 is 15.9 Å². The minimum absolute atomic E-state index is 0.0755. The van der Waals surface area contributed by atoms with E-state index < -0.39 is 0 Å². The van der Waals surface area contributed by atoms with Crippen molar-refractivity contribution < 1.29 is 14.5 Å². The molecule has 3 rings (SSSR count). The number of carbonyl (C=O) groups excluding carboxylic acids is 2. The number of amides is 2. The predicted octanol–water partition coefficient (Wildman–Crippen LogP) is -1.46. The van der Waals surface area contributed by atoms with E-state index in [-0.39, 0.29) is 17.5 Å². The first kappa shape index (κ1) is 15.3. The number of aromatic amines is 2. The Morgan fingerprint density at radius 3 is 2.61 bits per heavy atom. The van der Waals surface area contributed by atoms with Gasteiger partial charge in [-0.3, -0.25) is 9.59 Å². The molecule has 2 heterocycles. The molecule has 0 bridgehead atoms. The molecule has 2 amide bonds. The molecule has 0 unspecified atom stereocenters. The first-order chi connectivity index (χ1) is 11.0. The van der Waals surface area contributed by atoms with Gasteiger partial charge in [0.2, 0.25) is 5.91 Å². The van der Waals surface area contributed by atoms with E-state index in [1.165, 1.54) is 0 Å². The van der Waals surface area contributed by atoms with Crippen molar-refractivity contribution in [3.05, 3.63) is 28.7 Å². The minimum atomic E-state index is -0.267. The van der Waals surface area contributed by atoms with E-state index in [4.69, 9.17) is 0 Å². The molecular weight excluding hydrogens is 298 g/mol. The molecular formula is C15H20N5O3+. The highest BCUT2D eigenvalue weighted by atomic mass is 16.2. The second kappa shape index (κ2) is 6.25. The number of carbonyl (C=O) groups is 2. The Hall–Kier alpha value is -2.61. The van der Waals surface area contributed by atoms with E-state index in [1.807, 2.05) is 0 Å². The van der Waals surface area contributed by atoms with Crippen LogP contribution in [0, 0.1) is 0 Å². The molecule has 8 heteroatoms. The van der Waals surface area contributed by atoms with E-state index in [2.05, 4.69) is 15.3 Å². The first-order valence-electron chi connectivity index (χ1n) is 7.62. The summed E-state index contributed by atoms with van der Waals surface area (Å²) < 4.78 is 0. The van der Waals surface area contributed by atoms with Crippen molar-refractivity contribution in [3.63, 3.8) is 0 Å². The molecule has 8 nitrogen and oxygen atoms in total. The van der Waals surface area contributed by atoms with Gasteiger partial charge in [-0.15, -0.1) is 0 Å². The van der Waals surface area contributed by atoms with Crippen LogP contribution in [0.1, 0.15) is 6.92 Å². The number of piperazine rings is 1. The fourth-order valence-corrected chi connectivity index (χ4v) is 2.86. The van der Waals surface area contributed by atoms with E-state index in [1.54, 1.807) is 30.0 Å². The molecule has 23 heavy (non-hydrogen) atoms. The molecule has 4 N–H and O–H groups in total. The molecule has 0 atom stereocenters. The van der Waals surface area contributed by atoms with Crippen molar-refractivity contribution in [3.8, 4) is 0 Å². The Morgan fingerprint density at radius 2 is 1.91 bits per heavy atom. The number of fused-ring (bicyclic) bond motifs is 1. The summed E-state index contributed by atoms with van der Waals surface area (Å²) in [5.41, 5.74) is 1.75. The van der Waals surface area contributed by atoms with Gasteiger partial charge in [0.1, 0.15) is 0 Å². The molecule has 0 radical (unpaired) electrons. The van der Waals surface area contributed by atoms with Crippen LogP contribution >= 0.6 is 0 Å². The minimum Gasteiger partial charge on any atom is -0.332 e. The van der Waals surface area contributed by atoms with Gasteiger partial charge in [0.05, 0.1) is 37.2 Å². The van der Waals surface area contributed by atoms with E-state index in [9.17, 15) is 14.4 Å². The Balaban J connectivity index is 1.56. The fourth-order valence-electron chi connectivity index (χ4n) is 2.86. The summed E-state index contributed by atoms with van der Waals surface area (Å²) in [6, 6.07) is 5.24. The summed E-state index contributed by atoms with van der Waals surface area (Å²) in [4.78, 5) is 43.0. The number of benzene rings is 1. The van der Waals surface area contributed by atoms with Crippen molar-refractivity contribution in [1.82, 2.24) is 14.9 Å². The zero-order valence-electron chi connectivity index (χ0n) is 12.9. The van der Waals surface area contributed by atoms with Crippen LogP contribution in [-0.2, 0) is 9.59 Å². The van der Waals surface area contributed by atoms with Crippen molar-refractivity contribution in [2.24, 2.45) is 0 Å². The van der Waals surface area contributed by atoms with Crippen molar-refractivity contribution in [2.75, 3.05) is 38.0 Å². The van der Waals surface area contributed by atoms with Gasteiger partial charge in [-0.1, -0.05) is 0 Å². The van der Waals surface area contributed by atoms with E-state index in [0.29, 0.717) is 36.4 Å². The molecule has 1 aliphatic rings. The third kappa shape index (κ3) is 3.59. The average molecular weight is 318 g/mol. The number of anilines is 1. The molecule has 0 saturated carbocycles. The quantitative estimate of drug-likeness (QED) is 0.556. The Kier molecular flexibility index (Phi) is 4.16. The van der Waals surface area contributed by atoms with Crippen LogP contribution in [0.2, 0.25) is 0 Å². The number of nitrogens with one attached hydrogen (secondary N) is 4. The normalized spacial score (nSPS) is 15.8. The van der Waals surface area contributed by atoms with Crippen LogP contribution in [0.5, 0.6) is 0 Å². The van der Waals surface area contributed by atoms with Crippen LogP contribution in [0.25, 0.3) is 11.0 Å². The molecule has 0 spiro atoms.